The summed E-state index contributed by atoms with van der Waals surface area (Å²) in [5.74, 6) is 0.797. The molecule has 1 atom stereocenters. The third-order valence-corrected chi connectivity index (χ3v) is 2.36. The van der Waals surface area contributed by atoms with E-state index >= 15 is 0 Å². The van der Waals surface area contributed by atoms with E-state index in [4.69, 9.17) is 11.6 Å². The quantitative estimate of drug-likeness (QED) is 0.743. The molecule has 0 spiro atoms. The van der Waals surface area contributed by atoms with Crippen LogP contribution < -0.4 is 10.6 Å². The highest BCUT2D eigenvalue weighted by Gasteiger charge is 2.12. The molecule has 4 heteroatoms. The number of nitrogens with zero attached hydrogens (tertiary/aromatic N) is 1. The predicted octanol–water partition coefficient (Wildman–Crippen LogP) is 2.10. The number of hydrogen-bond donors (Lipinski definition) is 2. The molecule has 1 unspecified atom stereocenters. The Morgan fingerprint density at radius 3 is 2.93 bits per heavy atom. The lowest BCUT2D eigenvalue weighted by atomic mass is 10.3. The zero-order valence-electron chi connectivity index (χ0n) is 7.92. The third-order valence-electron chi connectivity index (χ3n) is 2.03. The Labute approximate surface area is 88.2 Å². The summed E-state index contributed by atoms with van der Waals surface area (Å²) in [6, 6.07) is 8.02. The van der Waals surface area contributed by atoms with Gasteiger partial charge >= 0.3 is 0 Å². The first kappa shape index (κ1) is 9.34. The second-order valence-corrected chi connectivity index (χ2v) is 3.75. The van der Waals surface area contributed by atoms with E-state index in [-0.39, 0.29) is 0 Å². The van der Waals surface area contributed by atoms with Crippen LogP contribution in [-0.4, -0.2) is 18.5 Å². The number of benzene rings is 1. The first-order valence-electron chi connectivity index (χ1n) is 4.58. The average molecular weight is 210 g/mol. The Bertz CT molecular complexity index is 362. The van der Waals surface area contributed by atoms with Crippen molar-refractivity contribution in [2.24, 2.45) is 4.99 Å². The molecule has 0 radical (unpaired) electrons. The van der Waals surface area contributed by atoms with Crippen LogP contribution in [0.2, 0.25) is 5.02 Å². The highest BCUT2D eigenvalue weighted by atomic mass is 35.5. The van der Waals surface area contributed by atoms with Crippen LogP contribution in [-0.2, 0) is 0 Å². The van der Waals surface area contributed by atoms with E-state index in [2.05, 4.69) is 22.5 Å². The lowest BCUT2D eigenvalue weighted by molar-refractivity contribution is 0.725. The van der Waals surface area contributed by atoms with Crippen molar-refractivity contribution in [2.45, 2.75) is 13.0 Å². The maximum Gasteiger partial charge on any atom is 0.196 e. The van der Waals surface area contributed by atoms with Crippen LogP contribution in [0.5, 0.6) is 0 Å². The van der Waals surface area contributed by atoms with E-state index in [1.165, 1.54) is 0 Å². The van der Waals surface area contributed by atoms with Crippen LogP contribution in [0.4, 0.5) is 5.69 Å². The van der Waals surface area contributed by atoms with E-state index < -0.39 is 0 Å². The van der Waals surface area contributed by atoms with Crippen molar-refractivity contribution >= 4 is 23.2 Å². The van der Waals surface area contributed by atoms with Gasteiger partial charge in [0.15, 0.2) is 5.96 Å². The zero-order valence-corrected chi connectivity index (χ0v) is 8.67. The molecule has 0 saturated heterocycles. The second kappa shape index (κ2) is 3.88. The summed E-state index contributed by atoms with van der Waals surface area (Å²) in [7, 11) is 0. The molecule has 1 aliphatic rings. The van der Waals surface area contributed by atoms with Crippen molar-refractivity contribution in [3.8, 4) is 0 Å². The van der Waals surface area contributed by atoms with Crippen LogP contribution in [0.1, 0.15) is 6.92 Å². The van der Waals surface area contributed by atoms with Crippen LogP contribution in [0.3, 0.4) is 0 Å². The number of para-hydroxylation sites is 1. The Morgan fingerprint density at radius 2 is 2.29 bits per heavy atom. The van der Waals surface area contributed by atoms with Crippen molar-refractivity contribution in [1.82, 2.24) is 5.32 Å². The molecule has 3 nitrogen and oxygen atoms in total. The van der Waals surface area contributed by atoms with Gasteiger partial charge in [0, 0.05) is 6.04 Å². The number of hydrogen-bond acceptors (Lipinski definition) is 3. The number of halogens is 1. The van der Waals surface area contributed by atoms with Crippen LogP contribution in [0.15, 0.2) is 29.3 Å². The van der Waals surface area contributed by atoms with Gasteiger partial charge in [-0.2, -0.15) is 0 Å². The second-order valence-electron chi connectivity index (χ2n) is 3.34. The van der Waals surface area contributed by atoms with E-state index in [1.54, 1.807) is 0 Å². The lowest BCUT2D eigenvalue weighted by Gasteiger charge is -2.09. The van der Waals surface area contributed by atoms with Gasteiger partial charge in [-0.1, -0.05) is 23.7 Å². The van der Waals surface area contributed by atoms with Crippen LogP contribution >= 0.6 is 11.6 Å². The van der Waals surface area contributed by atoms with E-state index in [0.29, 0.717) is 11.1 Å². The van der Waals surface area contributed by atoms with Crippen molar-refractivity contribution in [3.05, 3.63) is 29.3 Å². The molecule has 1 aromatic carbocycles. The normalized spacial score (nSPS) is 20.1. The summed E-state index contributed by atoms with van der Waals surface area (Å²) in [4.78, 5) is 4.29. The summed E-state index contributed by atoms with van der Waals surface area (Å²) >= 11 is 5.99. The average Bonchev–Trinajstić information content (AvgIpc) is 2.56. The Kier molecular flexibility index (Phi) is 2.59. The van der Waals surface area contributed by atoms with Crippen LogP contribution in [0.25, 0.3) is 0 Å². The summed E-state index contributed by atoms with van der Waals surface area (Å²) < 4.78 is 0. The Balaban J connectivity index is 2.08. The summed E-state index contributed by atoms with van der Waals surface area (Å²) in [5, 5.41) is 7.06. The largest absolute Gasteiger partial charge is 0.352 e. The summed E-state index contributed by atoms with van der Waals surface area (Å²) in [5.41, 5.74) is 0.884. The standard InChI is InChI=1S/C10H12ClN3/c1-7-6-12-10(13-7)14-9-5-3-2-4-8(9)11/h2-5,7H,6H2,1H3,(H2,12,13,14). The van der Waals surface area contributed by atoms with E-state index in [9.17, 15) is 0 Å². The number of rotatable bonds is 1. The molecule has 0 saturated carbocycles. The van der Waals surface area contributed by atoms with E-state index in [0.717, 1.165) is 18.2 Å². The van der Waals surface area contributed by atoms with Gasteiger partial charge in [-0.25, -0.2) is 0 Å². The minimum atomic E-state index is 0.403. The number of aliphatic imine (C=N–C) groups is 1. The van der Waals surface area contributed by atoms with Gasteiger partial charge in [0.05, 0.1) is 17.3 Å². The first-order valence-corrected chi connectivity index (χ1v) is 4.96. The molecule has 14 heavy (non-hydrogen) atoms. The SMILES string of the molecule is CC1CN=C(Nc2ccccc2Cl)N1. The van der Waals surface area contributed by atoms with Gasteiger partial charge in [0.2, 0.25) is 0 Å². The molecule has 0 bridgehead atoms. The molecule has 2 rings (SSSR count). The maximum absolute atomic E-state index is 5.99. The van der Waals surface area contributed by atoms with Gasteiger partial charge in [-0.3, -0.25) is 4.99 Å². The highest BCUT2D eigenvalue weighted by Crippen LogP contribution is 2.20. The fourth-order valence-corrected chi connectivity index (χ4v) is 1.50. The zero-order chi connectivity index (χ0) is 9.97. The smallest absolute Gasteiger partial charge is 0.196 e. The van der Waals surface area contributed by atoms with Crippen molar-refractivity contribution in [1.29, 1.82) is 0 Å². The number of guanidine groups is 1. The molecule has 0 aromatic heterocycles. The Hall–Kier alpha value is -1.22. The van der Waals surface area contributed by atoms with Crippen molar-refractivity contribution in [2.75, 3.05) is 11.9 Å². The number of nitrogens with one attached hydrogen (secondary N) is 2. The lowest BCUT2D eigenvalue weighted by Crippen LogP contribution is -2.32. The van der Waals surface area contributed by atoms with Gasteiger partial charge < -0.3 is 10.6 Å². The van der Waals surface area contributed by atoms with Gasteiger partial charge in [0.25, 0.3) is 0 Å². The first-order chi connectivity index (χ1) is 6.75. The topological polar surface area (TPSA) is 36.4 Å². The Morgan fingerprint density at radius 1 is 1.50 bits per heavy atom. The third kappa shape index (κ3) is 1.99. The fourth-order valence-electron chi connectivity index (χ4n) is 1.32. The molecule has 1 heterocycles. The molecule has 0 aliphatic carbocycles. The van der Waals surface area contributed by atoms with Gasteiger partial charge in [-0.05, 0) is 19.1 Å². The molecular weight excluding hydrogens is 198 g/mol. The highest BCUT2D eigenvalue weighted by molar-refractivity contribution is 6.33. The molecule has 1 aliphatic heterocycles. The van der Waals surface area contributed by atoms with Crippen molar-refractivity contribution in [3.63, 3.8) is 0 Å². The van der Waals surface area contributed by atoms with Gasteiger partial charge in [-0.15, -0.1) is 0 Å². The maximum atomic E-state index is 5.99. The van der Waals surface area contributed by atoms with E-state index in [1.807, 2.05) is 24.3 Å². The molecule has 74 valence electrons. The molecule has 1 aromatic rings. The molecular formula is C10H12ClN3. The molecule has 0 amide bonds. The monoisotopic (exact) mass is 209 g/mol. The predicted molar refractivity (Wildman–Crippen MR) is 60.0 cm³/mol. The van der Waals surface area contributed by atoms with Crippen LogP contribution in [0, 0.1) is 0 Å². The summed E-state index contributed by atoms with van der Waals surface area (Å²) in [6.07, 6.45) is 0. The molecule has 2 N–H and O–H groups in total. The molecule has 0 fully saturated rings. The van der Waals surface area contributed by atoms with Gasteiger partial charge in [0.1, 0.15) is 0 Å². The minimum absolute atomic E-state index is 0.403. The summed E-state index contributed by atoms with van der Waals surface area (Å²) in [6.45, 7) is 2.90. The fraction of sp³-hybridized carbons (Fsp3) is 0.300. The van der Waals surface area contributed by atoms with Crippen molar-refractivity contribution < 1.29 is 0 Å². The number of anilines is 1. The minimum Gasteiger partial charge on any atom is -0.352 e.